The van der Waals surface area contributed by atoms with Crippen LogP contribution in [-0.4, -0.2) is 45.9 Å². The maximum atomic E-state index is 9.71. The van der Waals surface area contributed by atoms with Crippen LogP contribution >= 0.6 is 23.3 Å². The quantitative estimate of drug-likeness (QED) is 0.363. The Morgan fingerprint density at radius 3 is 2.94 bits per heavy atom. The molecule has 4 rings (SSSR count). The topological polar surface area (TPSA) is 131 Å². The van der Waals surface area contributed by atoms with E-state index in [4.69, 9.17) is 9.84 Å². The van der Waals surface area contributed by atoms with Crippen LogP contribution in [-0.2, 0) is 7.05 Å². The Balaban J connectivity index is 1.63. The molecule has 1 atom stereocenters. The highest BCUT2D eigenvalue weighted by Crippen LogP contribution is 2.36. The molecule has 0 saturated heterocycles. The lowest BCUT2D eigenvalue weighted by Gasteiger charge is -2.11. The lowest BCUT2D eigenvalue weighted by Crippen LogP contribution is -2.04. The molecule has 12 heteroatoms. The number of hydrogen-bond acceptors (Lipinski definition) is 11. The van der Waals surface area contributed by atoms with Crippen LogP contribution in [0.2, 0.25) is 0 Å². The van der Waals surface area contributed by atoms with E-state index in [9.17, 15) is 5.11 Å². The van der Waals surface area contributed by atoms with Crippen LogP contribution in [0.4, 0.5) is 10.9 Å². The predicted octanol–water partition coefficient (Wildman–Crippen LogP) is 3.08. The average Bonchev–Trinajstić information content (AvgIpc) is 3.40. The van der Waals surface area contributed by atoms with Crippen molar-refractivity contribution in [1.29, 1.82) is 0 Å². The van der Waals surface area contributed by atoms with Crippen LogP contribution in [0.15, 0.2) is 52.8 Å². The number of hydrogen-bond donors (Lipinski definition) is 3. The Bertz CT molecular complexity index is 1180. The van der Waals surface area contributed by atoms with E-state index in [2.05, 4.69) is 29.7 Å². The molecule has 0 spiro atoms. The minimum atomic E-state index is -1.13. The van der Waals surface area contributed by atoms with Crippen LogP contribution in [0.5, 0.6) is 11.5 Å². The van der Waals surface area contributed by atoms with Gasteiger partial charge in [0.2, 0.25) is 5.13 Å². The Hall–Kier alpha value is -3.06. The molecule has 10 nitrogen and oxygen atoms in total. The van der Waals surface area contributed by atoms with Crippen LogP contribution in [0, 0.1) is 6.92 Å². The normalized spacial score (nSPS) is 12.0. The number of pyridine rings is 2. The molecule has 0 aliphatic heterocycles. The van der Waals surface area contributed by atoms with Gasteiger partial charge in [-0.15, -0.1) is 0 Å². The van der Waals surface area contributed by atoms with E-state index < -0.39 is 12.7 Å². The minimum absolute atomic E-state index is 0.143. The Kier molecular flexibility index (Phi) is 6.42. The fourth-order valence-corrected chi connectivity index (χ4v) is 4.03. The number of aromatic nitrogens is 6. The second-order valence-corrected chi connectivity index (χ2v) is 8.31. The van der Waals surface area contributed by atoms with Gasteiger partial charge >= 0.3 is 0 Å². The van der Waals surface area contributed by atoms with Gasteiger partial charge in [-0.3, -0.25) is 9.67 Å². The fourth-order valence-electron chi connectivity index (χ4n) is 2.54. The van der Waals surface area contributed by atoms with Gasteiger partial charge < -0.3 is 20.3 Å². The molecule has 0 saturated carbocycles. The van der Waals surface area contributed by atoms with E-state index in [0.29, 0.717) is 22.4 Å². The molecule has 0 fully saturated rings. The largest absolute Gasteiger partial charge is 0.450 e. The summed E-state index contributed by atoms with van der Waals surface area (Å²) < 4.78 is 11.7. The van der Waals surface area contributed by atoms with Gasteiger partial charge in [-0.1, -0.05) is 11.8 Å². The molecule has 0 aliphatic rings. The van der Waals surface area contributed by atoms with Gasteiger partial charge in [0.05, 0.1) is 24.7 Å². The van der Waals surface area contributed by atoms with E-state index >= 15 is 0 Å². The summed E-state index contributed by atoms with van der Waals surface area (Å²) in [4.78, 5) is 14.9. The average molecular weight is 458 g/mol. The summed E-state index contributed by atoms with van der Waals surface area (Å²) in [5.74, 6) is 1.60. The number of ether oxygens (including phenoxy) is 1. The second-order valence-electron chi connectivity index (χ2n) is 6.44. The summed E-state index contributed by atoms with van der Waals surface area (Å²) in [6, 6.07) is 5.75. The van der Waals surface area contributed by atoms with Gasteiger partial charge in [-0.2, -0.15) is 9.47 Å². The number of aliphatic hydroxyl groups is 2. The van der Waals surface area contributed by atoms with Gasteiger partial charge in [0.25, 0.3) is 0 Å². The highest BCUT2D eigenvalue weighted by Gasteiger charge is 2.16. The first-order valence-electron chi connectivity index (χ1n) is 9.17. The lowest BCUT2D eigenvalue weighted by molar-refractivity contribution is 0.0897. The van der Waals surface area contributed by atoms with Gasteiger partial charge in [0.15, 0.2) is 23.1 Å². The van der Waals surface area contributed by atoms with Crippen molar-refractivity contribution in [1.82, 2.24) is 29.1 Å². The first-order chi connectivity index (χ1) is 15.0. The molecule has 31 heavy (non-hydrogen) atoms. The lowest BCUT2D eigenvalue weighted by atomic mass is 10.4. The van der Waals surface area contributed by atoms with E-state index in [1.165, 1.54) is 11.8 Å². The van der Waals surface area contributed by atoms with Crippen molar-refractivity contribution >= 4 is 34.2 Å². The predicted molar refractivity (Wildman–Crippen MR) is 116 cm³/mol. The third-order valence-corrected chi connectivity index (χ3v) is 5.82. The van der Waals surface area contributed by atoms with E-state index in [-0.39, 0.29) is 5.82 Å². The zero-order chi connectivity index (χ0) is 21.8. The Morgan fingerprint density at radius 1 is 1.32 bits per heavy atom. The van der Waals surface area contributed by atoms with Gasteiger partial charge in [-0.05, 0) is 19.1 Å². The second kappa shape index (κ2) is 9.39. The molecule has 0 radical (unpaired) electrons. The van der Waals surface area contributed by atoms with Crippen molar-refractivity contribution in [2.24, 2.45) is 7.05 Å². The smallest absolute Gasteiger partial charge is 0.208 e. The van der Waals surface area contributed by atoms with Gasteiger partial charge in [0.1, 0.15) is 6.10 Å². The molecule has 3 N–H and O–H groups in total. The molecular weight excluding hydrogens is 438 g/mol. The Labute approximate surface area is 186 Å². The molecule has 0 aliphatic carbocycles. The molecule has 4 aromatic rings. The zero-order valence-corrected chi connectivity index (χ0v) is 18.3. The third-order valence-electron chi connectivity index (χ3n) is 4.06. The standard InChI is InChI=1S/C19H19N7O3S2/c1-11-16(4-3-5-20-11)30-13-6-15(29-12-7-22-26(2)9-12)18(21-8-13)24-19-23-17(25-31-19)14(28)10-27/h3-9,14,27-28H,10H2,1-2H3,(H,21,23,24,25). The Morgan fingerprint density at radius 2 is 2.19 bits per heavy atom. The van der Waals surface area contributed by atoms with Crippen molar-refractivity contribution in [3.05, 3.63) is 54.5 Å². The molecule has 1 unspecified atom stereocenters. The zero-order valence-electron chi connectivity index (χ0n) is 16.6. The van der Waals surface area contributed by atoms with Crippen molar-refractivity contribution in [2.75, 3.05) is 11.9 Å². The van der Waals surface area contributed by atoms with Crippen LogP contribution in [0.3, 0.4) is 0 Å². The molecule has 0 amide bonds. The van der Waals surface area contributed by atoms with Crippen molar-refractivity contribution in [3.63, 3.8) is 0 Å². The highest BCUT2D eigenvalue weighted by atomic mass is 32.2. The van der Waals surface area contributed by atoms with E-state index in [1.807, 2.05) is 25.1 Å². The third kappa shape index (κ3) is 5.17. The summed E-state index contributed by atoms with van der Waals surface area (Å²) in [7, 11) is 1.80. The number of aliphatic hydroxyl groups excluding tert-OH is 2. The molecular formula is C19H19N7O3S2. The number of rotatable bonds is 8. The number of anilines is 2. The monoisotopic (exact) mass is 457 g/mol. The molecule has 0 bridgehead atoms. The highest BCUT2D eigenvalue weighted by molar-refractivity contribution is 7.99. The number of nitrogens with zero attached hydrogens (tertiary/aromatic N) is 6. The molecule has 0 aromatic carbocycles. The van der Waals surface area contributed by atoms with Crippen molar-refractivity contribution in [3.8, 4) is 11.5 Å². The van der Waals surface area contributed by atoms with Gasteiger partial charge in [-0.25, -0.2) is 9.97 Å². The molecule has 4 heterocycles. The number of aryl methyl sites for hydroxylation is 2. The fraction of sp³-hybridized carbons (Fsp3) is 0.211. The minimum Gasteiger partial charge on any atom is -0.450 e. The number of nitrogens with one attached hydrogen (secondary N) is 1. The van der Waals surface area contributed by atoms with E-state index in [0.717, 1.165) is 27.0 Å². The summed E-state index contributed by atoms with van der Waals surface area (Å²) in [6.07, 6.45) is 5.70. The first kappa shape index (κ1) is 21.2. The molecule has 4 aromatic heterocycles. The van der Waals surface area contributed by atoms with E-state index in [1.54, 1.807) is 36.5 Å². The molecule has 160 valence electrons. The SMILES string of the molecule is Cc1ncccc1Sc1cnc(Nc2nc(C(O)CO)ns2)c(Oc2cnn(C)c2)c1. The summed E-state index contributed by atoms with van der Waals surface area (Å²) >= 11 is 2.58. The first-order valence-corrected chi connectivity index (χ1v) is 10.8. The van der Waals surface area contributed by atoms with Gasteiger partial charge in [0, 0.05) is 46.8 Å². The van der Waals surface area contributed by atoms with Crippen molar-refractivity contribution < 1.29 is 14.9 Å². The van der Waals surface area contributed by atoms with Crippen LogP contribution < -0.4 is 10.1 Å². The van der Waals surface area contributed by atoms with Crippen LogP contribution in [0.1, 0.15) is 17.6 Å². The van der Waals surface area contributed by atoms with Crippen molar-refractivity contribution in [2.45, 2.75) is 22.8 Å². The summed E-state index contributed by atoms with van der Waals surface area (Å²) in [5.41, 5.74) is 0.924. The summed E-state index contributed by atoms with van der Waals surface area (Å²) in [6.45, 7) is 1.50. The van der Waals surface area contributed by atoms with Crippen LogP contribution in [0.25, 0.3) is 0 Å². The summed E-state index contributed by atoms with van der Waals surface area (Å²) in [5, 5.41) is 26.4. The maximum absolute atomic E-state index is 9.71. The maximum Gasteiger partial charge on any atom is 0.208 e.